The van der Waals surface area contributed by atoms with Gasteiger partial charge in [0, 0.05) is 30.8 Å². The van der Waals surface area contributed by atoms with E-state index in [1.54, 1.807) is 12.4 Å². The molecule has 1 aliphatic rings. The van der Waals surface area contributed by atoms with Gasteiger partial charge in [-0.25, -0.2) is 4.98 Å². The second-order valence-electron chi connectivity index (χ2n) is 4.23. The first-order chi connectivity index (χ1) is 8.29. The van der Waals surface area contributed by atoms with Gasteiger partial charge in [-0.15, -0.1) is 0 Å². The molecule has 1 atom stereocenters. The molecule has 3 rings (SSSR count). The number of halogens is 1. The second-order valence-corrected chi connectivity index (χ2v) is 4.58. The van der Waals surface area contributed by atoms with Crippen LogP contribution in [0.15, 0.2) is 12.4 Å². The predicted octanol–water partition coefficient (Wildman–Crippen LogP) is 1.22. The van der Waals surface area contributed by atoms with Gasteiger partial charge in [0.2, 0.25) is 0 Å². The molecule has 0 bridgehead atoms. The van der Waals surface area contributed by atoms with Crippen LogP contribution in [-0.4, -0.2) is 33.1 Å². The Morgan fingerprint density at radius 1 is 1.53 bits per heavy atom. The molecule has 90 valence electrons. The van der Waals surface area contributed by atoms with Crippen LogP contribution in [0.25, 0.3) is 10.9 Å². The summed E-state index contributed by atoms with van der Waals surface area (Å²) in [5.74, 6) is 0.0678. The fourth-order valence-corrected chi connectivity index (χ4v) is 2.31. The maximum Gasteiger partial charge on any atom is 0.140 e. The van der Waals surface area contributed by atoms with Crippen LogP contribution in [0.4, 0.5) is 0 Å². The Bertz CT molecular complexity index is 555. The van der Waals surface area contributed by atoms with Gasteiger partial charge in [0.05, 0.1) is 30.3 Å². The lowest BCUT2D eigenvalue weighted by Crippen LogP contribution is -2.23. The van der Waals surface area contributed by atoms with Crippen molar-refractivity contribution in [3.05, 3.63) is 23.1 Å². The summed E-state index contributed by atoms with van der Waals surface area (Å²) in [6.07, 6.45) is 3.44. The fraction of sp³-hybridized carbons (Fsp3) is 0.455. The molecule has 0 amide bonds. The largest absolute Gasteiger partial charge is 0.396 e. The van der Waals surface area contributed by atoms with E-state index in [-0.39, 0.29) is 12.5 Å². The Labute approximate surface area is 103 Å². The number of hydrogen-bond donors (Lipinski definition) is 1. The molecule has 0 fully saturated rings. The Hall–Kier alpha value is -1.17. The Morgan fingerprint density at radius 2 is 2.41 bits per heavy atom. The second kappa shape index (κ2) is 4.25. The predicted molar refractivity (Wildman–Crippen MR) is 62.8 cm³/mol. The molecule has 5 nitrogen and oxygen atoms in total. The summed E-state index contributed by atoms with van der Waals surface area (Å²) in [5.41, 5.74) is 1.95. The molecule has 6 heteroatoms. The van der Waals surface area contributed by atoms with E-state index in [4.69, 9.17) is 16.3 Å². The minimum absolute atomic E-state index is 0.0678. The van der Waals surface area contributed by atoms with Gasteiger partial charge in [-0.05, 0) is 0 Å². The van der Waals surface area contributed by atoms with Gasteiger partial charge >= 0.3 is 0 Å². The normalized spacial score (nSPS) is 20.2. The Balaban J connectivity index is 2.18. The number of ether oxygens (including phenoxy) is 1. The van der Waals surface area contributed by atoms with Crippen molar-refractivity contribution in [1.82, 2.24) is 14.8 Å². The topological polar surface area (TPSA) is 60.2 Å². The van der Waals surface area contributed by atoms with Crippen molar-refractivity contribution in [1.29, 1.82) is 0 Å². The third kappa shape index (κ3) is 1.80. The zero-order chi connectivity index (χ0) is 11.8. The summed E-state index contributed by atoms with van der Waals surface area (Å²) in [5, 5.41) is 14.8. The Kier molecular flexibility index (Phi) is 2.74. The van der Waals surface area contributed by atoms with E-state index >= 15 is 0 Å². The number of aliphatic hydroxyl groups is 1. The van der Waals surface area contributed by atoms with E-state index in [9.17, 15) is 5.11 Å². The van der Waals surface area contributed by atoms with Crippen molar-refractivity contribution in [2.75, 3.05) is 13.2 Å². The van der Waals surface area contributed by atoms with Crippen LogP contribution in [0.1, 0.15) is 5.56 Å². The lowest BCUT2D eigenvalue weighted by atomic mass is 10.1. The van der Waals surface area contributed by atoms with Gasteiger partial charge in [-0.3, -0.25) is 4.68 Å². The molecule has 1 N–H and O–H groups in total. The molecule has 0 aromatic carbocycles. The molecule has 1 aliphatic heterocycles. The third-order valence-corrected chi connectivity index (χ3v) is 3.30. The van der Waals surface area contributed by atoms with Gasteiger partial charge in [0.15, 0.2) is 0 Å². The maximum absolute atomic E-state index is 9.24. The number of aromatic nitrogens is 3. The minimum atomic E-state index is 0.0678. The zero-order valence-electron chi connectivity index (χ0n) is 9.14. The number of rotatable bonds is 1. The highest BCUT2D eigenvalue weighted by molar-refractivity contribution is 6.34. The van der Waals surface area contributed by atoms with Crippen LogP contribution in [0.2, 0.25) is 5.15 Å². The fourth-order valence-electron chi connectivity index (χ4n) is 2.13. The van der Waals surface area contributed by atoms with E-state index in [1.165, 1.54) is 0 Å². The van der Waals surface area contributed by atoms with E-state index in [0.717, 1.165) is 16.5 Å². The SMILES string of the molecule is OCC1COCc2cnc(Cl)c3cnn(c23)C1. The first-order valence-electron chi connectivity index (χ1n) is 5.47. The van der Waals surface area contributed by atoms with Crippen molar-refractivity contribution in [2.45, 2.75) is 13.2 Å². The van der Waals surface area contributed by atoms with E-state index in [0.29, 0.717) is 24.9 Å². The van der Waals surface area contributed by atoms with Crippen molar-refractivity contribution >= 4 is 22.5 Å². The molecule has 2 aromatic heterocycles. The number of hydrogen-bond acceptors (Lipinski definition) is 4. The van der Waals surface area contributed by atoms with Crippen LogP contribution in [0, 0.1) is 5.92 Å². The summed E-state index contributed by atoms with van der Waals surface area (Å²) in [6.45, 7) is 1.73. The van der Waals surface area contributed by atoms with Crippen molar-refractivity contribution in [3.8, 4) is 0 Å². The summed E-state index contributed by atoms with van der Waals surface area (Å²) < 4.78 is 7.43. The molecule has 0 radical (unpaired) electrons. The summed E-state index contributed by atoms with van der Waals surface area (Å²) in [7, 11) is 0. The molecule has 0 spiro atoms. The first kappa shape index (κ1) is 11.0. The zero-order valence-corrected chi connectivity index (χ0v) is 9.89. The highest BCUT2D eigenvalue weighted by atomic mass is 35.5. The average molecular weight is 254 g/mol. The molecular weight excluding hydrogens is 242 g/mol. The Morgan fingerprint density at radius 3 is 3.24 bits per heavy atom. The van der Waals surface area contributed by atoms with Crippen molar-refractivity contribution < 1.29 is 9.84 Å². The summed E-state index contributed by atoms with van der Waals surface area (Å²) in [4.78, 5) is 4.12. The molecule has 2 aromatic rings. The highest BCUT2D eigenvalue weighted by Gasteiger charge is 2.19. The average Bonchev–Trinajstić information content (AvgIpc) is 2.72. The highest BCUT2D eigenvalue weighted by Crippen LogP contribution is 2.26. The molecule has 1 unspecified atom stereocenters. The maximum atomic E-state index is 9.24. The molecule has 0 saturated heterocycles. The summed E-state index contributed by atoms with van der Waals surface area (Å²) in [6, 6.07) is 0. The standard InChI is InChI=1S/C11H12ClN3O2/c12-11-9-2-14-15-3-7(4-16)5-17-6-8(1-13-11)10(9)15/h1-2,7,16H,3-6H2. The van der Waals surface area contributed by atoms with E-state index in [2.05, 4.69) is 10.1 Å². The lowest BCUT2D eigenvalue weighted by molar-refractivity contribution is 0.0519. The number of aliphatic hydroxyl groups excluding tert-OH is 1. The van der Waals surface area contributed by atoms with Gasteiger partial charge in [0.1, 0.15) is 5.15 Å². The molecule has 0 saturated carbocycles. The van der Waals surface area contributed by atoms with Crippen LogP contribution in [0.3, 0.4) is 0 Å². The van der Waals surface area contributed by atoms with Gasteiger partial charge < -0.3 is 9.84 Å². The van der Waals surface area contributed by atoms with Gasteiger partial charge in [0.25, 0.3) is 0 Å². The molecule has 0 aliphatic carbocycles. The monoisotopic (exact) mass is 253 g/mol. The van der Waals surface area contributed by atoms with Crippen LogP contribution in [0.5, 0.6) is 0 Å². The van der Waals surface area contributed by atoms with Crippen molar-refractivity contribution in [3.63, 3.8) is 0 Å². The van der Waals surface area contributed by atoms with Crippen LogP contribution in [-0.2, 0) is 17.9 Å². The third-order valence-electron chi connectivity index (χ3n) is 3.00. The number of pyridine rings is 1. The summed E-state index contributed by atoms with van der Waals surface area (Å²) >= 11 is 6.03. The number of nitrogens with zero attached hydrogens (tertiary/aromatic N) is 3. The quantitative estimate of drug-likeness (QED) is 0.777. The molecular formula is C11H12ClN3O2. The smallest absolute Gasteiger partial charge is 0.140 e. The molecule has 17 heavy (non-hydrogen) atoms. The lowest BCUT2D eigenvalue weighted by Gasteiger charge is -2.19. The van der Waals surface area contributed by atoms with E-state index < -0.39 is 0 Å². The van der Waals surface area contributed by atoms with Gasteiger partial charge in [-0.1, -0.05) is 11.6 Å². The molecule has 3 heterocycles. The minimum Gasteiger partial charge on any atom is -0.396 e. The first-order valence-corrected chi connectivity index (χ1v) is 5.85. The van der Waals surface area contributed by atoms with Gasteiger partial charge in [-0.2, -0.15) is 5.10 Å². The van der Waals surface area contributed by atoms with Crippen molar-refractivity contribution in [2.24, 2.45) is 5.92 Å². The van der Waals surface area contributed by atoms with Crippen LogP contribution >= 0.6 is 11.6 Å². The van der Waals surface area contributed by atoms with E-state index in [1.807, 2.05) is 4.68 Å². The van der Waals surface area contributed by atoms with Crippen LogP contribution < -0.4 is 0 Å².